The maximum atomic E-state index is 13.7. The molecule has 1 heterocycles. The summed E-state index contributed by atoms with van der Waals surface area (Å²) in [5, 5.41) is 0.629. The topological polar surface area (TPSA) is 32.8 Å². The van der Waals surface area contributed by atoms with Gasteiger partial charge in [0.15, 0.2) is 6.61 Å². The average Bonchev–Trinajstić information content (AvgIpc) is 2.63. The summed E-state index contributed by atoms with van der Waals surface area (Å²) in [6.45, 7) is 3.27. The first-order chi connectivity index (χ1) is 12.1. The molecule has 0 aliphatic carbocycles. The van der Waals surface area contributed by atoms with Crippen molar-refractivity contribution in [3.8, 4) is 5.75 Å². The van der Waals surface area contributed by atoms with Crippen LogP contribution in [0.5, 0.6) is 5.75 Å². The second-order valence-electron chi connectivity index (χ2n) is 5.99. The van der Waals surface area contributed by atoms with Gasteiger partial charge in [-0.15, -0.1) is 0 Å². The van der Waals surface area contributed by atoms with Crippen LogP contribution in [-0.4, -0.2) is 48.5 Å². The number of rotatable bonds is 5. The molecule has 1 aliphatic heterocycles. The van der Waals surface area contributed by atoms with Gasteiger partial charge in [0, 0.05) is 43.3 Å². The molecule has 0 saturated carbocycles. The van der Waals surface area contributed by atoms with Gasteiger partial charge >= 0.3 is 0 Å². The van der Waals surface area contributed by atoms with E-state index >= 15 is 0 Å². The fraction of sp³-hybridized carbons (Fsp3) is 0.316. The zero-order chi connectivity index (χ0) is 17.6. The highest BCUT2D eigenvalue weighted by Gasteiger charge is 2.22. The number of carbonyl (C=O) groups is 1. The zero-order valence-corrected chi connectivity index (χ0v) is 14.6. The third-order valence-corrected chi connectivity index (χ3v) is 4.50. The third kappa shape index (κ3) is 4.94. The summed E-state index contributed by atoms with van der Waals surface area (Å²) in [5.74, 6) is 0.397. The van der Waals surface area contributed by atoms with Crippen molar-refractivity contribution in [1.82, 2.24) is 9.80 Å². The van der Waals surface area contributed by atoms with Crippen molar-refractivity contribution < 1.29 is 13.9 Å². The summed E-state index contributed by atoms with van der Waals surface area (Å²) in [6.07, 6.45) is 0. The summed E-state index contributed by atoms with van der Waals surface area (Å²) >= 11 is 5.82. The molecular formula is C19H20ClFN2O2. The largest absolute Gasteiger partial charge is 0.484 e. The number of carbonyl (C=O) groups excluding carboxylic acids is 1. The molecule has 0 bridgehead atoms. The molecule has 0 radical (unpaired) electrons. The quantitative estimate of drug-likeness (QED) is 0.818. The molecule has 132 valence electrons. The fourth-order valence-corrected chi connectivity index (χ4v) is 2.92. The molecule has 0 aromatic heterocycles. The summed E-state index contributed by atoms with van der Waals surface area (Å²) in [6, 6.07) is 13.7. The van der Waals surface area contributed by atoms with E-state index in [0.29, 0.717) is 36.0 Å². The Morgan fingerprint density at radius 2 is 1.72 bits per heavy atom. The van der Waals surface area contributed by atoms with Crippen LogP contribution in [0.4, 0.5) is 4.39 Å². The van der Waals surface area contributed by atoms with Gasteiger partial charge in [-0.3, -0.25) is 9.69 Å². The minimum absolute atomic E-state index is 0.00887. The van der Waals surface area contributed by atoms with Crippen molar-refractivity contribution in [2.75, 3.05) is 32.8 Å². The summed E-state index contributed by atoms with van der Waals surface area (Å²) < 4.78 is 19.2. The van der Waals surface area contributed by atoms with E-state index in [4.69, 9.17) is 16.3 Å². The standard InChI is InChI=1S/C19H20ClFN2O2/c20-16-5-7-17(8-6-16)25-14-19(24)23-11-9-22(10-12-23)13-15-3-1-2-4-18(15)21/h1-8H,9-14H2. The van der Waals surface area contributed by atoms with E-state index in [0.717, 1.165) is 13.1 Å². The lowest BCUT2D eigenvalue weighted by atomic mass is 10.2. The minimum atomic E-state index is -0.183. The Bertz CT molecular complexity index is 716. The Kier molecular flexibility index (Phi) is 5.89. The van der Waals surface area contributed by atoms with Gasteiger partial charge in [0.2, 0.25) is 0 Å². The fourth-order valence-electron chi connectivity index (χ4n) is 2.79. The number of hydrogen-bond donors (Lipinski definition) is 0. The Morgan fingerprint density at radius 1 is 1.04 bits per heavy atom. The molecule has 0 atom stereocenters. The monoisotopic (exact) mass is 362 g/mol. The number of piperazine rings is 1. The van der Waals surface area contributed by atoms with E-state index in [1.807, 2.05) is 6.07 Å². The van der Waals surface area contributed by atoms with Gasteiger partial charge in [-0.2, -0.15) is 0 Å². The second kappa shape index (κ2) is 8.32. The lowest BCUT2D eigenvalue weighted by Crippen LogP contribution is -2.49. The molecule has 0 spiro atoms. The smallest absolute Gasteiger partial charge is 0.260 e. The van der Waals surface area contributed by atoms with Crippen molar-refractivity contribution in [1.29, 1.82) is 0 Å². The molecule has 2 aromatic rings. The number of benzene rings is 2. The lowest BCUT2D eigenvalue weighted by Gasteiger charge is -2.34. The molecule has 4 nitrogen and oxygen atoms in total. The van der Waals surface area contributed by atoms with E-state index < -0.39 is 0 Å². The Hall–Kier alpha value is -2.11. The highest BCUT2D eigenvalue weighted by Crippen LogP contribution is 2.16. The Morgan fingerprint density at radius 3 is 2.40 bits per heavy atom. The van der Waals surface area contributed by atoms with E-state index in [9.17, 15) is 9.18 Å². The first-order valence-corrected chi connectivity index (χ1v) is 8.61. The molecule has 3 rings (SSSR count). The first kappa shape index (κ1) is 17.7. The molecule has 1 aliphatic rings. The summed E-state index contributed by atoms with van der Waals surface area (Å²) in [4.78, 5) is 16.2. The molecule has 1 fully saturated rings. The molecule has 2 aromatic carbocycles. The van der Waals surface area contributed by atoms with Crippen LogP contribution in [0.3, 0.4) is 0 Å². The second-order valence-corrected chi connectivity index (χ2v) is 6.43. The first-order valence-electron chi connectivity index (χ1n) is 8.24. The summed E-state index contributed by atoms with van der Waals surface area (Å²) in [5.41, 5.74) is 0.688. The van der Waals surface area contributed by atoms with Crippen molar-refractivity contribution in [3.05, 3.63) is 64.9 Å². The number of amides is 1. The molecule has 1 amide bonds. The molecule has 0 unspecified atom stereocenters. The van der Waals surface area contributed by atoms with Gasteiger partial charge < -0.3 is 9.64 Å². The van der Waals surface area contributed by atoms with Crippen molar-refractivity contribution >= 4 is 17.5 Å². The predicted molar refractivity (Wildman–Crippen MR) is 95.2 cm³/mol. The van der Waals surface area contributed by atoms with Crippen molar-refractivity contribution in [3.63, 3.8) is 0 Å². The van der Waals surface area contributed by atoms with Crippen LogP contribution in [-0.2, 0) is 11.3 Å². The third-order valence-electron chi connectivity index (χ3n) is 4.25. The van der Waals surface area contributed by atoms with Gasteiger partial charge in [-0.25, -0.2) is 4.39 Å². The zero-order valence-electron chi connectivity index (χ0n) is 13.8. The van der Waals surface area contributed by atoms with Crippen LogP contribution in [0.15, 0.2) is 48.5 Å². The van der Waals surface area contributed by atoms with E-state index in [1.165, 1.54) is 6.07 Å². The van der Waals surface area contributed by atoms with Crippen LogP contribution in [0.25, 0.3) is 0 Å². The van der Waals surface area contributed by atoms with Crippen LogP contribution in [0.1, 0.15) is 5.56 Å². The molecule has 0 N–H and O–H groups in total. The number of hydrogen-bond acceptors (Lipinski definition) is 3. The van der Waals surface area contributed by atoms with E-state index in [2.05, 4.69) is 4.90 Å². The number of halogens is 2. The highest BCUT2D eigenvalue weighted by molar-refractivity contribution is 6.30. The lowest BCUT2D eigenvalue weighted by molar-refractivity contribution is -0.135. The van der Waals surface area contributed by atoms with E-state index in [-0.39, 0.29) is 18.3 Å². The van der Waals surface area contributed by atoms with Crippen molar-refractivity contribution in [2.24, 2.45) is 0 Å². The molecule has 25 heavy (non-hydrogen) atoms. The van der Waals surface area contributed by atoms with E-state index in [1.54, 1.807) is 41.3 Å². The molecule has 6 heteroatoms. The maximum Gasteiger partial charge on any atom is 0.260 e. The predicted octanol–water partition coefficient (Wildman–Crippen LogP) is 3.20. The number of nitrogens with zero attached hydrogens (tertiary/aromatic N) is 2. The maximum absolute atomic E-state index is 13.7. The molecule has 1 saturated heterocycles. The Balaban J connectivity index is 1.44. The van der Waals surface area contributed by atoms with Crippen LogP contribution >= 0.6 is 11.6 Å². The van der Waals surface area contributed by atoms with Crippen molar-refractivity contribution in [2.45, 2.75) is 6.54 Å². The number of ether oxygens (including phenoxy) is 1. The van der Waals surface area contributed by atoms with Gasteiger partial charge in [0.05, 0.1) is 0 Å². The van der Waals surface area contributed by atoms with Crippen LogP contribution < -0.4 is 4.74 Å². The van der Waals surface area contributed by atoms with Crippen LogP contribution in [0, 0.1) is 5.82 Å². The Labute approximate surface area is 151 Å². The average molecular weight is 363 g/mol. The van der Waals surface area contributed by atoms with Gasteiger partial charge in [0.25, 0.3) is 5.91 Å². The minimum Gasteiger partial charge on any atom is -0.484 e. The normalized spacial score (nSPS) is 15.2. The van der Waals surface area contributed by atoms with Gasteiger partial charge in [-0.05, 0) is 30.3 Å². The SMILES string of the molecule is O=C(COc1ccc(Cl)cc1)N1CCN(Cc2ccccc2F)CC1. The summed E-state index contributed by atoms with van der Waals surface area (Å²) in [7, 11) is 0. The highest BCUT2D eigenvalue weighted by atomic mass is 35.5. The molecular weight excluding hydrogens is 343 g/mol. The van der Waals surface area contributed by atoms with Gasteiger partial charge in [-0.1, -0.05) is 29.8 Å². The van der Waals surface area contributed by atoms with Gasteiger partial charge in [0.1, 0.15) is 11.6 Å². The van der Waals surface area contributed by atoms with Crippen LogP contribution in [0.2, 0.25) is 5.02 Å².